The molecule has 2 aliphatic rings. The normalized spacial score (nSPS) is 20.6. The van der Waals surface area contributed by atoms with Crippen LogP contribution >= 0.6 is 11.8 Å². The summed E-state index contributed by atoms with van der Waals surface area (Å²) in [6.45, 7) is 2.10. The Bertz CT molecular complexity index is 475. The lowest BCUT2D eigenvalue weighted by Crippen LogP contribution is -2.35. The Labute approximate surface area is 118 Å². The minimum atomic E-state index is 0.661. The number of anilines is 1. The van der Waals surface area contributed by atoms with Gasteiger partial charge in [-0.3, -0.25) is 4.79 Å². The van der Waals surface area contributed by atoms with E-state index in [0.29, 0.717) is 5.41 Å². The second-order valence-electron chi connectivity index (χ2n) is 5.75. The van der Waals surface area contributed by atoms with Gasteiger partial charge in [0, 0.05) is 18.8 Å². The number of aromatic nitrogens is 1. The zero-order valence-electron chi connectivity index (χ0n) is 11.4. The number of rotatable bonds is 4. The van der Waals surface area contributed by atoms with Gasteiger partial charge in [0.25, 0.3) is 0 Å². The maximum absolute atomic E-state index is 11.2. The van der Waals surface area contributed by atoms with Crippen molar-refractivity contribution < 1.29 is 4.79 Å². The number of hydrogen-bond acceptors (Lipinski definition) is 4. The molecular weight excluding hydrogens is 256 g/mol. The van der Waals surface area contributed by atoms with E-state index in [0.717, 1.165) is 42.2 Å². The quantitative estimate of drug-likeness (QED) is 0.791. The lowest BCUT2D eigenvalue weighted by molar-refractivity contribution is 0.112. The van der Waals surface area contributed by atoms with Gasteiger partial charge >= 0.3 is 0 Å². The van der Waals surface area contributed by atoms with Crippen LogP contribution in [0.5, 0.6) is 0 Å². The smallest absolute Gasteiger partial charge is 0.153 e. The third kappa shape index (κ3) is 2.64. The van der Waals surface area contributed by atoms with Crippen LogP contribution in [0.3, 0.4) is 0 Å². The first-order chi connectivity index (χ1) is 9.26. The number of carbonyl (C=O) groups is 1. The first-order valence-corrected chi connectivity index (χ1v) is 8.35. The number of thioether (sulfide) groups is 1. The van der Waals surface area contributed by atoms with Crippen molar-refractivity contribution >= 4 is 23.9 Å². The van der Waals surface area contributed by atoms with Crippen molar-refractivity contribution in [2.24, 2.45) is 5.41 Å². The maximum Gasteiger partial charge on any atom is 0.153 e. The van der Waals surface area contributed by atoms with Gasteiger partial charge < -0.3 is 4.90 Å². The maximum atomic E-state index is 11.2. The zero-order chi connectivity index (χ0) is 13.3. The molecule has 1 aliphatic heterocycles. The molecule has 0 atom stereocenters. The highest BCUT2D eigenvalue weighted by molar-refractivity contribution is 7.97. The third-order valence-corrected chi connectivity index (χ3v) is 5.05. The minimum absolute atomic E-state index is 0.661. The van der Waals surface area contributed by atoms with Crippen LogP contribution in [0.1, 0.15) is 41.7 Å². The summed E-state index contributed by atoms with van der Waals surface area (Å²) in [7, 11) is 0. The van der Waals surface area contributed by atoms with Crippen molar-refractivity contribution in [1.82, 2.24) is 4.98 Å². The molecule has 1 aromatic rings. The van der Waals surface area contributed by atoms with Crippen LogP contribution < -0.4 is 4.90 Å². The Morgan fingerprint density at radius 1 is 1.32 bits per heavy atom. The van der Waals surface area contributed by atoms with Crippen LogP contribution in [0.15, 0.2) is 12.1 Å². The van der Waals surface area contributed by atoms with E-state index in [2.05, 4.69) is 11.2 Å². The van der Waals surface area contributed by atoms with Crippen LogP contribution in [-0.2, 0) is 5.75 Å². The molecule has 0 aromatic carbocycles. The Morgan fingerprint density at radius 3 is 2.63 bits per heavy atom. The van der Waals surface area contributed by atoms with Crippen molar-refractivity contribution in [2.45, 2.75) is 31.4 Å². The average Bonchev–Trinajstić information content (AvgIpc) is 3.19. The van der Waals surface area contributed by atoms with Crippen LogP contribution in [-0.4, -0.2) is 30.6 Å². The molecule has 19 heavy (non-hydrogen) atoms. The fourth-order valence-electron chi connectivity index (χ4n) is 2.94. The van der Waals surface area contributed by atoms with E-state index < -0.39 is 0 Å². The molecule has 1 saturated heterocycles. The summed E-state index contributed by atoms with van der Waals surface area (Å²) in [6.07, 6.45) is 8.35. The van der Waals surface area contributed by atoms with Gasteiger partial charge in [-0.15, -0.1) is 0 Å². The molecule has 0 N–H and O–H groups in total. The summed E-state index contributed by atoms with van der Waals surface area (Å²) in [6, 6.07) is 3.89. The number of carbonyl (C=O) groups excluding carboxylic acids is 1. The Balaban J connectivity index is 1.81. The van der Waals surface area contributed by atoms with Crippen molar-refractivity contribution in [3.8, 4) is 0 Å². The van der Waals surface area contributed by atoms with Crippen molar-refractivity contribution in [2.75, 3.05) is 24.2 Å². The van der Waals surface area contributed by atoms with Gasteiger partial charge in [-0.2, -0.15) is 11.8 Å². The van der Waals surface area contributed by atoms with Gasteiger partial charge in [-0.25, -0.2) is 4.98 Å². The topological polar surface area (TPSA) is 33.2 Å². The van der Waals surface area contributed by atoms with Crippen LogP contribution in [0.25, 0.3) is 0 Å². The lowest BCUT2D eigenvalue weighted by Gasteiger charge is -2.33. The summed E-state index contributed by atoms with van der Waals surface area (Å²) in [5, 5.41) is 0. The first-order valence-electron chi connectivity index (χ1n) is 6.95. The summed E-state index contributed by atoms with van der Waals surface area (Å²) in [4.78, 5) is 18.2. The van der Waals surface area contributed by atoms with Gasteiger partial charge in [0.2, 0.25) is 0 Å². The lowest BCUT2D eigenvalue weighted by atomic mass is 9.93. The van der Waals surface area contributed by atoms with Crippen molar-refractivity contribution in [3.05, 3.63) is 23.4 Å². The number of hydrogen-bond donors (Lipinski definition) is 0. The molecule has 4 heteroatoms. The molecule has 2 heterocycles. The van der Waals surface area contributed by atoms with E-state index in [1.54, 1.807) is 11.8 Å². The molecule has 3 nitrogen and oxygen atoms in total. The predicted molar refractivity (Wildman–Crippen MR) is 80.0 cm³/mol. The molecule has 1 aliphatic carbocycles. The van der Waals surface area contributed by atoms with Gasteiger partial charge in [-0.1, -0.05) is 0 Å². The fourth-order valence-corrected chi connectivity index (χ4v) is 3.40. The van der Waals surface area contributed by atoms with E-state index in [4.69, 9.17) is 4.98 Å². The third-order valence-electron chi connectivity index (χ3n) is 4.46. The van der Waals surface area contributed by atoms with Gasteiger partial charge in [0.05, 0.1) is 11.3 Å². The molecule has 0 amide bonds. The molecule has 1 saturated carbocycles. The average molecular weight is 276 g/mol. The van der Waals surface area contributed by atoms with E-state index in [1.807, 2.05) is 12.1 Å². The highest BCUT2D eigenvalue weighted by Crippen LogP contribution is 2.53. The zero-order valence-corrected chi connectivity index (χ0v) is 12.2. The van der Waals surface area contributed by atoms with Crippen LogP contribution in [0, 0.1) is 5.41 Å². The van der Waals surface area contributed by atoms with E-state index in [9.17, 15) is 4.79 Å². The summed E-state index contributed by atoms with van der Waals surface area (Å²) in [5.74, 6) is 1.81. The highest BCUT2D eigenvalue weighted by Gasteiger charge is 2.44. The predicted octanol–water partition coefficient (Wildman–Crippen LogP) is 3.14. The second kappa shape index (κ2) is 5.16. The van der Waals surface area contributed by atoms with Crippen LogP contribution in [0.4, 0.5) is 5.82 Å². The molecule has 0 bridgehead atoms. The molecular formula is C15H20N2OS. The van der Waals surface area contributed by atoms with Crippen LogP contribution in [0.2, 0.25) is 0 Å². The molecule has 1 spiro atoms. The van der Waals surface area contributed by atoms with E-state index >= 15 is 0 Å². The standard InChI is InChI=1S/C15H20N2OS/c1-19-11-13-3-2-12(10-18)14(16-13)17-8-6-15(4-5-15)7-9-17/h2-3,10H,4-9,11H2,1H3. The molecule has 3 rings (SSSR count). The number of piperidine rings is 1. The Hall–Kier alpha value is -1.03. The van der Waals surface area contributed by atoms with E-state index in [-0.39, 0.29) is 0 Å². The Kier molecular flexibility index (Phi) is 3.52. The van der Waals surface area contributed by atoms with Gasteiger partial charge in [-0.05, 0) is 49.5 Å². The minimum Gasteiger partial charge on any atom is -0.356 e. The highest BCUT2D eigenvalue weighted by atomic mass is 32.2. The molecule has 2 fully saturated rings. The largest absolute Gasteiger partial charge is 0.356 e. The van der Waals surface area contributed by atoms with E-state index in [1.165, 1.54) is 25.7 Å². The van der Waals surface area contributed by atoms with Crippen molar-refractivity contribution in [3.63, 3.8) is 0 Å². The molecule has 0 radical (unpaired) electrons. The summed E-state index contributed by atoms with van der Waals surface area (Å²) >= 11 is 1.76. The second-order valence-corrected chi connectivity index (χ2v) is 6.62. The SMILES string of the molecule is CSCc1ccc(C=O)c(N2CCC3(CC2)CC3)n1. The monoisotopic (exact) mass is 276 g/mol. The van der Waals surface area contributed by atoms with Gasteiger partial charge in [0.1, 0.15) is 5.82 Å². The number of nitrogens with zero attached hydrogens (tertiary/aromatic N) is 2. The molecule has 1 aromatic heterocycles. The van der Waals surface area contributed by atoms with Crippen molar-refractivity contribution in [1.29, 1.82) is 0 Å². The number of pyridine rings is 1. The molecule has 102 valence electrons. The summed E-state index contributed by atoms with van der Waals surface area (Å²) in [5.41, 5.74) is 2.46. The van der Waals surface area contributed by atoms with Gasteiger partial charge in [0.15, 0.2) is 6.29 Å². The fraction of sp³-hybridized carbons (Fsp3) is 0.600. The number of aldehydes is 1. The first kappa shape index (κ1) is 13.0. The summed E-state index contributed by atoms with van der Waals surface area (Å²) < 4.78 is 0. The molecule has 0 unspecified atom stereocenters. The Morgan fingerprint density at radius 2 is 2.05 bits per heavy atom.